The van der Waals surface area contributed by atoms with Gasteiger partial charge in [-0.25, -0.2) is 0 Å². The highest BCUT2D eigenvalue weighted by Crippen LogP contribution is 2.37. The summed E-state index contributed by atoms with van der Waals surface area (Å²) < 4.78 is 2.36. The summed E-state index contributed by atoms with van der Waals surface area (Å²) in [6, 6.07) is 35.2. The summed E-state index contributed by atoms with van der Waals surface area (Å²) in [5.74, 6) is 0. The first kappa shape index (κ1) is 21.8. The normalized spacial score (nSPS) is 13.9. The van der Waals surface area contributed by atoms with E-state index in [4.69, 9.17) is 0 Å². The Balaban J connectivity index is 1.37. The van der Waals surface area contributed by atoms with Crippen molar-refractivity contribution in [1.29, 1.82) is 0 Å². The first-order valence-corrected chi connectivity index (χ1v) is 12.9. The van der Waals surface area contributed by atoms with Crippen LogP contribution in [0.2, 0.25) is 0 Å². The summed E-state index contributed by atoms with van der Waals surface area (Å²) in [6.07, 6.45) is 7.75. The third kappa shape index (κ3) is 4.15. The molecule has 0 aliphatic heterocycles. The highest BCUT2D eigenvalue weighted by molar-refractivity contribution is 8.03. The molecule has 2 heteroatoms. The molecule has 6 rings (SSSR count). The molecule has 1 aromatic heterocycles. The topological polar surface area (TPSA) is 4.93 Å². The van der Waals surface area contributed by atoms with Gasteiger partial charge in [-0.2, -0.15) is 0 Å². The molecule has 0 spiro atoms. The van der Waals surface area contributed by atoms with Crippen molar-refractivity contribution >= 4 is 33.6 Å². The zero-order chi connectivity index (χ0) is 23.8. The number of fused-ring (bicyclic) bond motifs is 3. The SMILES string of the molecule is CC1=CC(C)=C(Sc2ccc(-c3ccc4c(c3)c3ccccc3n4-c3ccccc3)cc2)CC=C1. The van der Waals surface area contributed by atoms with Gasteiger partial charge in [0.2, 0.25) is 0 Å². The number of aromatic nitrogens is 1. The summed E-state index contributed by atoms with van der Waals surface area (Å²) in [4.78, 5) is 2.70. The van der Waals surface area contributed by atoms with Crippen LogP contribution in [0.15, 0.2) is 136 Å². The van der Waals surface area contributed by atoms with E-state index in [0.717, 1.165) is 6.42 Å². The monoisotopic (exact) mass is 469 g/mol. The van der Waals surface area contributed by atoms with Crippen LogP contribution in [-0.2, 0) is 0 Å². The van der Waals surface area contributed by atoms with Crippen molar-refractivity contribution in [2.45, 2.75) is 25.2 Å². The number of thioether (sulfide) groups is 1. The van der Waals surface area contributed by atoms with Gasteiger partial charge < -0.3 is 4.57 Å². The van der Waals surface area contributed by atoms with Gasteiger partial charge in [0.25, 0.3) is 0 Å². The zero-order valence-electron chi connectivity index (χ0n) is 20.0. The number of nitrogens with zero attached hydrogens (tertiary/aromatic N) is 1. The summed E-state index contributed by atoms with van der Waals surface area (Å²) in [6.45, 7) is 4.38. The van der Waals surface area contributed by atoms with Crippen LogP contribution in [-0.4, -0.2) is 4.57 Å². The number of para-hydroxylation sites is 2. The molecule has 1 aliphatic rings. The van der Waals surface area contributed by atoms with Gasteiger partial charge in [-0.1, -0.05) is 90.2 Å². The molecular formula is C33H27NS. The Hall–Kier alpha value is -3.75. The predicted molar refractivity (Wildman–Crippen MR) is 152 cm³/mol. The molecule has 5 aromatic rings. The summed E-state index contributed by atoms with van der Waals surface area (Å²) in [7, 11) is 0. The van der Waals surface area contributed by atoms with E-state index >= 15 is 0 Å². The van der Waals surface area contributed by atoms with Crippen molar-refractivity contribution in [2.75, 3.05) is 0 Å². The second kappa shape index (κ2) is 9.13. The zero-order valence-corrected chi connectivity index (χ0v) is 20.8. The molecule has 0 unspecified atom stereocenters. The molecule has 0 amide bonds. The number of hydrogen-bond acceptors (Lipinski definition) is 1. The molecule has 0 saturated heterocycles. The Labute approximate surface area is 211 Å². The number of allylic oxidation sites excluding steroid dienone is 6. The molecule has 0 radical (unpaired) electrons. The van der Waals surface area contributed by atoms with Crippen molar-refractivity contribution in [1.82, 2.24) is 4.57 Å². The number of benzene rings is 4. The maximum absolute atomic E-state index is 2.36. The van der Waals surface area contributed by atoms with E-state index in [0.29, 0.717) is 0 Å². The molecule has 1 heterocycles. The molecule has 0 N–H and O–H groups in total. The van der Waals surface area contributed by atoms with Crippen molar-refractivity contribution in [3.8, 4) is 16.8 Å². The van der Waals surface area contributed by atoms with E-state index in [-0.39, 0.29) is 0 Å². The summed E-state index contributed by atoms with van der Waals surface area (Å²) in [5.41, 5.74) is 8.84. The molecule has 0 atom stereocenters. The quantitative estimate of drug-likeness (QED) is 0.253. The fourth-order valence-electron chi connectivity index (χ4n) is 4.97. The minimum Gasteiger partial charge on any atom is -0.309 e. The van der Waals surface area contributed by atoms with Crippen LogP contribution in [0, 0.1) is 0 Å². The Morgan fingerprint density at radius 3 is 2.23 bits per heavy atom. The standard InChI is InChI=1S/C33H27NS/c1-23-9-8-14-33(24(2)21-23)35-28-18-15-25(16-19-28)26-17-20-32-30(22-26)29-12-6-7-13-31(29)34(32)27-10-4-3-5-11-27/h3-13,15-22H,14H2,1-2H3. The minimum atomic E-state index is 0.994. The lowest BCUT2D eigenvalue weighted by Gasteiger charge is -2.09. The number of rotatable bonds is 4. The second-order valence-corrected chi connectivity index (χ2v) is 10.3. The first-order chi connectivity index (χ1) is 17.2. The fraction of sp³-hybridized carbons (Fsp3) is 0.0909. The lowest BCUT2D eigenvalue weighted by molar-refractivity contribution is 1.18. The maximum Gasteiger partial charge on any atom is 0.0541 e. The van der Waals surface area contributed by atoms with E-state index < -0.39 is 0 Å². The van der Waals surface area contributed by atoms with Gasteiger partial charge >= 0.3 is 0 Å². The third-order valence-electron chi connectivity index (χ3n) is 6.68. The van der Waals surface area contributed by atoms with E-state index in [2.05, 4.69) is 134 Å². The molecule has 35 heavy (non-hydrogen) atoms. The Kier molecular flexibility index (Phi) is 5.67. The molecule has 0 saturated carbocycles. The molecule has 4 aromatic carbocycles. The van der Waals surface area contributed by atoms with Gasteiger partial charge in [0.1, 0.15) is 0 Å². The minimum absolute atomic E-state index is 0.994. The lowest BCUT2D eigenvalue weighted by Crippen LogP contribution is -1.92. The van der Waals surface area contributed by atoms with Gasteiger partial charge in [-0.05, 0) is 84.3 Å². The van der Waals surface area contributed by atoms with Gasteiger partial charge in [0, 0.05) is 21.4 Å². The van der Waals surface area contributed by atoms with E-state index in [1.54, 1.807) is 0 Å². The molecule has 1 aliphatic carbocycles. The molecule has 170 valence electrons. The molecule has 0 fully saturated rings. The van der Waals surface area contributed by atoms with Crippen molar-refractivity contribution in [3.05, 3.63) is 131 Å². The van der Waals surface area contributed by atoms with Crippen LogP contribution in [0.1, 0.15) is 20.3 Å². The van der Waals surface area contributed by atoms with Crippen LogP contribution in [0.3, 0.4) is 0 Å². The van der Waals surface area contributed by atoms with Crippen LogP contribution in [0.25, 0.3) is 38.6 Å². The van der Waals surface area contributed by atoms with Gasteiger partial charge in [0.05, 0.1) is 11.0 Å². The molecule has 1 nitrogen and oxygen atoms in total. The summed E-state index contributed by atoms with van der Waals surface area (Å²) >= 11 is 1.88. The second-order valence-electron chi connectivity index (χ2n) is 9.15. The van der Waals surface area contributed by atoms with Gasteiger partial charge in [-0.3, -0.25) is 0 Å². The molecular weight excluding hydrogens is 442 g/mol. The highest BCUT2D eigenvalue weighted by Gasteiger charge is 2.13. The van der Waals surface area contributed by atoms with E-state index in [9.17, 15) is 0 Å². The smallest absolute Gasteiger partial charge is 0.0541 e. The average molecular weight is 470 g/mol. The van der Waals surface area contributed by atoms with E-state index in [1.807, 2.05) is 11.8 Å². The lowest BCUT2D eigenvalue weighted by atomic mass is 10.0. The van der Waals surface area contributed by atoms with Crippen molar-refractivity contribution in [2.24, 2.45) is 0 Å². The maximum atomic E-state index is 2.36. The first-order valence-electron chi connectivity index (χ1n) is 12.1. The highest BCUT2D eigenvalue weighted by atomic mass is 32.2. The predicted octanol–water partition coefficient (Wildman–Crippen LogP) is 9.72. The van der Waals surface area contributed by atoms with Gasteiger partial charge in [0.15, 0.2) is 0 Å². The van der Waals surface area contributed by atoms with Crippen LogP contribution in [0.5, 0.6) is 0 Å². The van der Waals surface area contributed by atoms with Gasteiger partial charge in [-0.15, -0.1) is 0 Å². The third-order valence-corrected chi connectivity index (χ3v) is 7.93. The van der Waals surface area contributed by atoms with Crippen molar-refractivity contribution < 1.29 is 0 Å². The van der Waals surface area contributed by atoms with E-state index in [1.165, 1.54) is 59.6 Å². The largest absolute Gasteiger partial charge is 0.309 e. The van der Waals surface area contributed by atoms with Crippen molar-refractivity contribution in [3.63, 3.8) is 0 Å². The average Bonchev–Trinajstić information content (AvgIpc) is 3.13. The summed E-state index contributed by atoms with van der Waals surface area (Å²) in [5, 5.41) is 2.57. The Morgan fingerprint density at radius 1 is 0.686 bits per heavy atom. The fourth-order valence-corrected chi connectivity index (χ4v) is 5.93. The van der Waals surface area contributed by atoms with Crippen LogP contribution < -0.4 is 0 Å². The van der Waals surface area contributed by atoms with Crippen LogP contribution >= 0.6 is 11.8 Å². The molecule has 0 bridgehead atoms. The Morgan fingerprint density at radius 2 is 1.40 bits per heavy atom. The number of hydrogen-bond donors (Lipinski definition) is 0. The Bertz CT molecular complexity index is 1630. The van der Waals surface area contributed by atoms with Crippen LogP contribution in [0.4, 0.5) is 0 Å².